The molecule has 0 spiro atoms. The van der Waals surface area contributed by atoms with Crippen molar-refractivity contribution in [2.75, 3.05) is 14.2 Å². The molecule has 2 fully saturated rings. The molecule has 4 aromatic carbocycles. The lowest BCUT2D eigenvalue weighted by Crippen LogP contribution is -2.05. The van der Waals surface area contributed by atoms with Crippen molar-refractivity contribution in [3.8, 4) is 17.0 Å². The van der Waals surface area contributed by atoms with Crippen molar-refractivity contribution < 1.29 is 23.8 Å². The Hall–Kier alpha value is -4.82. The van der Waals surface area contributed by atoms with Crippen LogP contribution < -0.4 is 4.74 Å². The summed E-state index contributed by atoms with van der Waals surface area (Å²) in [4.78, 5) is 30.7. The first-order chi connectivity index (χ1) is 25.9. The number of rotatable bonds is 8. The molecule has 6 aromatic rings. The Kier molecular flexibility index (Phi) is 11.6. The Morgan fingerprint density at radius 2 is 1.17 bits per heavy atom. The second-order valence-electron chi connectivity index (χ2n) is 14.2. The monoisotopic (exact) mass is 774 g/mol. The highest BCUT2D eigenvalue weighted by atomic mass is 79.9. The zero-order valence-corrected chi connectivity index (χ0v) is 32.1. The minimum Gasteiger partial charge on any atom is -0.489 e. The lowest BCUT2D eigenvalue weighted by molar-refractivity contribution is 0.0592. The fourth-order valence-electron chi connectivity index (χ4n) is 8.19. The van der Waals surface area contributed by atoms with Gasteiger partial charge in [-0.15, -0.1) is 0 Å². The average molecular weight is 776 g/mol. The Labute approximate surface area is 319 Å². The molecule has 8 rings (SSSR count). The molecule has 0 amide bonds. The van der Waals surface area contributed by atoms with Crippen LogP contribution in [0.4, 0.5) is 0 Å². The topological polar surface area (TPSA) is 93.4 Å². The summed E-state index contributed by atoms with van der Waals surface area (Å²) in [7, 11) is 2.83. The Morgan fingerprint density at radius 3 is 1.74 bits per heavy atom. The molecule has 2 heterocycles. The summed E-state index contributed by atoms with van der Waals surface area (Å²) < 4.78 is 16.7. The number of aromatic amines is 2. The quantitative estimate of drug-likeness (QED) is 0.150. The van der Waals surface area contributed by atoms with Crippen LogP contribution in [0.1, 0.15) is 113 Å². The van der Waals surface area contributed by atoms with Gasteiger partial charge in [0, 0.05) is 27.5 Å². The molecular weight excluding hydrogens is 728 g/mol. The number of carbonyl (C=O) groups is 2. The smallest absolute Gasteiger partial charge is 0.337 e. The van der Waals surface area contributed by atoms with E-state index in [4.69, 9.17) is 14.2 Å². The second kappa shape index (κ2) is 16.9. The average Bonchev–Trinajstić information content (AvgIpc) is 3.77. The first-order valence-electron chi connectivity index (χ1n) is 18.8. The zero-order chi connectivity index (χ0) is 36.7. The Balaban J connectivity index is 0.000000186. The largest absolute Gasteiger partial charge is 0.489 e. The van der Waals surface area contributed by atoms with Gasteiger partial charge in [0.05, 0.1) is 29.9 Å². The predicted octanol–water partition coefficient (Wildman–Crippen LogP) is 12.0. The number of benzene rings is 4. The van der Waals surface area contributed by atoms with Gasteiger partial charge in [0.2, 0.25) is 0 Å². The number of esters is 2. The third-order valence-electron chi connectivity index (χ3n) is 10.9. The van der Waals surface area contributed by atoms with Gasteiger partial charge in [-0.05, 0) is 124 Å². The van der Waals surface area contributed by atoms with E-state index in [1.54, 1.807) is 0 Å². The minimum absolute atomic E-state index is 0.295. The fraction of sp³-hybridized carbons (Fsp3) is 0.333. The van der Waals surface area contributed by atoms with Gasteiger partial charge in [0.25, 0.3) is 0 Å². The highest BCUT2D eigenvalue weighted by Gasteiger charge is 2.25. The van der Waals surface area contributed by atoms with E-state index in [0.717, 1.165) is 38.2 Å². The van der Waals surface area contributed by atoms with Gasteiger partial charge in [-0.1, -0.05) is 81.0 Å². The fourth-order valence-corrected chi connectivity index (χ4v) is 8.94. The number of methoxy groups -OCH3 is 2. The highest BCUT2D eigenvalue weighted by molar-refractivity contribution is 9.10. The van der Waals surface area contributed by atoms with Crippen LogP contribution in [0.15, 0.2) is 95.6 Å². The van der Waals surface area contributed by atoms with Gasteiger partial charge in [-0.2, -0.15) is 0 Å². The van der Waals surface area contributed by atoms with Crippen LogP contribution >= 0.6 is 15.9 Å². The minimum atomic E-state index is -0.313. The van der Waals surface area contributed by atoms with Crippen molar-refractivity contribution >= 4 is 49.7 Å². The molecule has 274 valence electrons. The zero-order valence-electron chi connectivity index (χ0n) is 30.5. The summed E-state index contributed by atoms with van der Waals surface area (Å²) in [6.07, 6.45) is 12.7. The molecule has 2 aromatic heterocycles. The third-order valence-corrected chi connectivity index (χ3v) is 11.5. The number of halogens is 1. The van der Waals surface area contributed by atoms with Crippen LogP contribution in [-0.4, -0.2) is 36.1 Å². The van der Waals surface area contributed by atoms with Gasteiger partial charge in [0.1, 0.15) is 12.4 Å². The maximum Gasteiger partial charge on any atom is 0.337 e. The van der Waals surface area contributed by atoms with Gasteiger partial charge >= 0.3 is 11.9 Å². The maximum absolute atomic E-state index is 12.1. The summed E-state index contributed by atoms with van der Waals surface area (Å²) >= 11 is 3.65. The molecule has 0 unspecified atom stereocenters. The van der Waals surface area contributed by atoms with E-state index in [2.05, 4.69) is 56.2 Å². The molecule has 8 heteroatoms. The van der Waals surface area contributed by atoms with Crippen molar-refractivity contribution in [3.63, 3.8) is 0 Å². The number of fused-ring (bicyclic) bond motifs is 2. The molecule has 7 nitrogen and oxygen atoms in total. The molecule has 0 bridgehead atoms. The standard InChI is InChI=1S/C29H29NO3.C16H18BrNO2/c1-32-29(31)23-14-17-25-26(18-23)30-28(27(25)21-10-6-3-7-11-21)22-12-15-24(16-13-22)33-19-20-8-4-2-5-9-20;1-20-16(19)11-7-8-12-13(9-11)18-15(17)14(12)10-5-3-2-4-6-10/h2,4-5,8-9,12-18,21,30H,3,6-7,10-11,19H2,1H3;7-10,18H,2-6H2,1H3. The van der Waals surface area contributed by atoms with Gasteiger partial charge in [-0.25, -0.2) is 9.59 Å². The summed E-state index contributed by atoms with van der Waals surface area (Å²) in [6.45, 7) is 0.552. The lowest BCUT2D eigenvalue weighted by Gasteiger charge is -2.23. The first-order valence-corrected chi connectivity index (χ1v) is 19.6. The van der Waals surface area contributed by atoms with E-state index in [0.29, 0.717) is 29.6 Å². The lowest BCUT2D eigenvalue weighted by atomic mass is 9.82. The van der Waals surface area contributed by atoms with Crippen LogP contribution in [0.25, 0.3) is 33.1 Å². The summed E-state index contributed by atoms with van der Waals surface area (Å²) in [5.74, 6) is 1.39. The van der Waals surface area contributed by atoms with Crippen LogP contribution in [-0.2, 0) is 16.1 Å². The number of nitrogens with one attached hydrogen (secondary N) is 2. The van der Waals surface area contributed by atoms with E-state index in [1.807, 2.05) is 60.7 Å². The molecule has 0 radical (unpaired) electrons. The Bertz CT molecular complexity index is 2170. The van der Waals surface area contributed by atoms with E-state index in [9.17, 15) is 9.59 Å². The van der Waals surface area contributed by atoms with Crippen molar-refractivity contribution in [3.05, 3.63) is 123 Å². The van der Waals surface area contributed by atoms with Crippen molar-refractivity contribution in [2.45, 2.75) is 82.7 Å². The van der Waals surface area contributed by atoms with Gasteiger partial charge < -0.3 is 24.2 Å². The maximum atomic E-state index is 12.1. The number of aromatic nitrogens is 2. The third kappa shape index (κ3) is 8.23. The van der Waals surface area contributed by atoms with E-state index < -0.39 is 0 Å². The molecule has 2 saturated carbocycles. The van der Waals surface area contributed by atoms with E-state index in [-0.39, 0.29) is 11.9 Å². The number of H-pyrrole nitrogens is 2. The first kappa shape index (κ1) is 36.5. The van der Waals surface area contributed by atoms with Crippen molar-refractivity contribution in [2.24, 2.45) is 0 Å². The molecule has 2 aliphatic carbocycles. The molecule has 2 aliphatic rings. The van der Waals surface area contributed by atoms with Crippen LogP contribution in [0.3, 0.4) is 0 Å². The number of ether oxygens (including phenoxy) is 3. The molecule has 0 atom stereocenters. The summed E-state index contributed by atoms with van der Waals surface area (Å²) in [5.41, 5.74) is 9.32. The van der Waals surface area contributed by atoms with E-state index >= 15 is 0 Å². The molecule has 53 heavy (non-hydrogen) atoms. The van der Waals surface area contributed by atoms with Gasteiger partial charge in [0.15, 0.2) is 0 Å². The SMILES string of the molecule is COC(=O)c1ccc2c(C3CCCCC3)c(-c3ccc(OCc4ccccc4)cc3)[nH]c2c1.COC(=O)c1ccc2c(C3CCCCC3)c(Br)[nH]c2c1. The normalized spacial score (nSPS) is 15.2. The predicted molar refractivity (Wildman–Crippen MR) is 215 cm³/mol. The Morgan fingerprint density at radius 1 is 0.642 bits per heavy atom. The highest BCUT2D eigenvalue weighted by Crippen LogP contribution is 2.43. The molecule has 0 saturated heterocycles. The van der Waals surface area contributed by atoms with Crippen LogP contribution in [0.2, 0.25) is 0 Å². The summed E-state index contributed by atoms with van der Waals surface area (Å²) in [6, 6.07) is 30.1. The molecule has 2 N–H and O–H groups in total. The van der Waals surface area contributed by atoms with E-state index in [1.165, 1.54) is 100 Å². The summed E-state index contributed by atoms with van der Waals surface area (Å²) in [5, 5.41) is 2.42. The molecular formula is C45H47BrN2O5. The van der Waals surface area contributed by atoms with Crippen LogP contribution in [0, 0.1) is 0 Å². The molecule has 0 aliphatic heterocycles. The van der Waals surface area contributed by atoms with Crippen molar-refractivity contribution in [1.29, 1.82) is 0 Å². The van der Waals surface area contributed by atoms with Crippen molar-refractivity contribution in [1.82, 2.24) is 9.97 Å². The van der Waals surface area contributed by atoms with Crippen LogP contribution in [0.5, 0.6) is 5.75 Å². The second-order valence-corrected chi connectivity index (χ2v) is 15.0. The number of carbonyl (C=O) groups excluding carboxylic acids is 2. The van der Waals surface area contributed by atoms with Gasteiger partial charge in [-0.3, -0.25) is 0 Å². The number of hydrogen-bond donors (Lipinski definition) is 2. The number of hydrogen-bond acceptors (Lipinski definition) is 5.